The Labute approximate surface area is 120 Å². The lowest BCUT2D eigenvalue weighted by Gasteiger charge is -2.10. The van der Waals surface area contributed by atoms with Gasteiger partial charge in [0.1, 0.15) is 5.75 Å². The number of nitrogens with one attached hydrogen (secondary N) is 3. The average Bonchev–Trinajstić information content (AvgIpc) is 2.43. The smallest absolute Gasteiger partial charge is 0.325 e. The van der Waals surface area contributed by atoms with Crippen molar-refractivity contribution in [3.05, 3.63) is 56.4 Å². The number of carbonyl (C=O) groups excluding carboxylic acids is 1. The van der Waals surface area contributed by atoms with Gasteiger partial charge in [-0.25, -0.2) is 4.79 Å². The molecule has 0 radical (unpaired) electrons. The second kappa shape index (κ2) is 6.08. The molecule has 7 heteroatoms. The number of anilines is 1. The van der Waals surface area contributed by atoms with Crippen LogP contribution in [-0.4, -0.2) is 23.0 Å². The molecule has 0 saturated carbocycles. The first-order valence-corrected chi connectivity index (χ1v) is 6.26. The van der Waals surface area contributed by atoms with Gasteiger partial charge in [0.25, 0.3) is 5.56 Å². The first-order chi connectivity index (χ1) is 10.0. The van der Waals surface area contributed by atoms with Crippen molar-refractivity contribution in [2.24, 2.45) is 0 Å². The number of benzene rings is 1. The summed E-state index contributed by atoms with van der Waals surface area (Å²) >= 11 is 0. The van der Waals surface area contributed by atoms with Crippen LogP contribution < -0.4 is 21.3 Å². The van der Waals surface area contributed by atoms with Gasteiger partial charge in [0.05, 0.1) is 19.2 Å². The zero-order valence-corrected chi connectivity index (χ0v) is 11.6. The lowest BCUT2D eigenvalue weighted by atomic mass is 10.1. The molecule has 0 fully saturated rings. The van der Waals surface area contributed by atoms with E-state index in [1.807, 2.05) is 0 Å². The predicted octanol–water partition coefficient (Wildman–Crippen LogP) is 0.561. The minimum Gasteiger partial charge on any atom is -0.495 e. The Bertz CT molecular complexity index is 776. The molecular weight excluding hydrogens is 274 g/mol. The molecule has 110 valence electrons. The largest absolute Gasteiger partial charge is 0.495 e. The van der Waals surface area contributed by atoms with Crippen LogP contribution in [-0.2, 0) is 11.2 Å². The van der Waals surface area contributed by atoms with Crippen molar-refractivity contribution in [3.63, 3.8) is 0 Å². The lowest BCUT2D eigenvalue weighted by molar-refractivity contribution is -0.115. The molecule has 1 aromatic heterocycles. The number of H-pyrrole nitrogens is 2. The summed E-state index contributed by atoms with van der Waals surface area (Å²) in [5.41, 5.74) is -0.0396. The van der Waals surface area contributed by atoms with Crippen molar-refractivity contribution in [2.45, 2.75) is 13.3 Å². The first-order valence-electron chi connectivity index (χ1n) is 6.26. The highest BCUT2D eigenvalue weighted by atomic mass is 16.5. The summed E-state index contributed by atoms with van der Waals surface area (Å²) in [4.78, 5) is 39.4. The number of hydrogen-bond acceptors (Lipinski definition) is 4. The van der Waals surface area contributed by atoms with E-state index in [0.29, 0.717) is 17.1 Å². The highest BCUT2D eigenvalue weighted by Gasteiger charge is 2.12. The Kier molecular flexibility index (Phi) is 4.22. The summed E-state index contributed by atoms with van der Waals surface area (Å²) in [6.07, 6.45) is -0.143. The van der Waals surface area contributed by atoms with Crippen molar-refractivity contribution in [3.8, 4) is 5.75 Å². The standard InChI is InChI=1S/C14H15N3O4/c1-8-9(13(19)17-14(20)15-8)7-12(18)16-10-5-3-4-6-11(10)21-2/h3-6H,7H2,1-2H3,(H,16,18)(H2,15,17,19,20). The van der Waals surface area contributed by atoms with E-state index in [-0.39, 0.29) is 17.9 Å². The monoisotopic (exact) mass is 289 g/mol. The lowest BCUT2D eigenvalue weighted by Crippen LogP contribution is -2.29. The Balaban J connectivity index is 2.20. The van der Waals surface area contributed by atoms with Crippen LogP contribution in [0.25, 0.3) is 0 Å². The van der Waals surface area contributed by atoms with E-state index < -0.39 is 11.2 Å². The second-order valence-electron chi connectivity index (χ2n) is 4.44. The minimum absolute atomic E-state index is 0.143. The van der Waals surface area contributed by atoms with Crippen LogP contribution in [0.1, 0.15) is 11.3 Å². The number of para-hydroxylation sites is 2. The van der Waals surface area contributed by atoms with Gasteiger partial charge in [-0.1, -0.05) is 12.1 Å². The van der Waals surface area contributed by atoms with Gasteiger partial charge in [0.15, 0.2) is 0 Å². The van der Waals surface area contributed by atoms with Gasteiger partial charge in [-0.05, 0) is 19.1 Å². The maximum atomic E-state index is 12.0. The third kappa shape index (κ3) is 3.38. The van der Waals surface area contributed by atoms with Gasteiger partial charge in [-0.2, -0.15) is 0 Å². The Morgan fingerprint density at radius 3 is 2.62 bits per heavy atom. The maximum absolute atomic E-state index is 12.0. The summed E-state index contributed by atoms with van der Waals surface area (Å²) in [6, 6.07) is 6.95. The van der Waals surface area contributed by atoms with E-state index in [0.717, 1.165) is 0 Å². The van der Waals surface area contributed by atoms with Crippen molar-refractivity contribution in [1.29, 1.82) is 0 Å². The molecule has 7 nitrogen and oxygen atoms in total. The Hall–Kier alpha value is -2.83. The quantitative estimate of drug-likeness (QED) is 0.765. The molecule has 0 spiro atoms. The molecule has 0 bridgehead atoms. The molecule has 2 aromatic rings. The fourth-order valence-electron chi connectivity index (χ4n) is 1.94. The fourth-order valence-corrected chi connectivity index (χ4v) is 1.94. The van der Waals surface area contributed by atoms with E-state index >= 15 is 0 Å². The number of aryl methyl sites for hydroxylation is 1. The van der Waals surface area contributed by atoms with E-state index in [9.17, 15) is 14.4 Å². The zero-order valence-electron chi connectivity index (χ0n) is 11.6. The fraction of sp³-hybridized carbons (Fsp3) is 0.214. The van der Waals surface area contributed by atoms with Crippen LogP contribution in [0.4, 0.5) is 5.69 Å². The number of hydrogen-bond donors (Lipinski definition) is 3. The molecule has 1 amide bonds. The number of aromatic nitrogens is 2. The van der Waals surface area contributed by atoms with Gasteiger partial charge >= 0.3 is 5.69 Å². The Morgan fingerprint density at radius 1 is 1.24 bits per heavy atom. The molecule has 0 aliphatic rings. The second-order valence-corrected chi connectivity index (χ2v) is 4.44. The van der Waals surface area contributed by atoms with Crippen molar-refractivity contribution in [2.75, 3.05) is 12.4 Å². The first kappa shape index (κ1) is 14.6. The van der Waals surface area contributed by atoms with E-state index in [1.165, 1.54) is 7.11 Å². The van der Waals surface area contributed by atoms with E-state index in [2.05, 4.69) is 15.3 Å². The number of rotatable bonds is 4. The van der Waals surface area contributed by atoms with Crippen LogP contribution in [0.5, 0.6) is 5.75 Å². The zero-order chi connectivity index (χ0) is 15.4. The normalized spacial score (nSPS) is 10.2. The molecule has 0 saturated heterocycles. The van der Waals surface area contributed by atoms with Crippen LogP contribution in [0, 0.1) is 6.92 Å². The molecule has 1 heterocycles. The van der Waals surface area contributed by atoms with Crippen LogP contribution in [0.3, 0.4) is 0 Å². The molecule has 0 aliphatic carbocycles. The van der Waals surface area contributed by atoms with Crippen molar-refractivity contribution in [1.82, 2.24) is 9.97 Å². The molecule has 0 aliphatic heterocycles. The molecule has 1 aromatic carbocycles. The highest BCUT2D eigenvalue weighted by Crippen LogP contribution is 2.23. The van der Waals surface area contributed by atoms with Crippen LogP contribution >= 0.6 is 0 Å². The predicted molar refractivity (Wildman–Crippen MR) is 77.7 cm³/mol. The van der Waals surface area contributed by atoms with Crippen molar-refractivity contribution < 1.29 is 9.53 Å². The van der Waals surface area contributed by atoms with Gasteiger partial charge in [0, 0.05) is 11.3 Å². The van der Waals surface area contributed by atoms with Crippen LogP contribution in [0.2, 0.25) is 0 Å². The minimum atomic E-state index is -0.591. The molecule has 0 unspecified atom stereocenters. The number of ether oxygens (including phenoxy) is 1. The van der Waals surface area contributed by atoms with Crippen LogP contribution in [0.15, 0.2) is 33.9 Å². The maximum Gasteiger partial charge on any atom is 0.325 e. The van der Waals surface area contributed by atoms with Gasteiger partial charge in [-0.3, -0.25) is 14.6 Å². The molecule has 21 heavy (non-hydrogen) atoms. The summed E-state index contributed by atoms with van der Waals surface area (Å²) in [7, 11) is 1.50. The van der Waals surface area contributed by atoms with Gasteiger partial charge in [0.2, 0.25) is 5.91 Å². The topological polar surface area (TPSA) is 104 Å². The van der Waals surface area contributed by atoms with E-state index in [4.69, 9.17) is 4.74 Å². The number of amides is 1. The average molecular weight is 289 g/mol. The molecular formula is C14H15N3O4. The number of methoxy groups -OCH3 is 1. The Morgan fingerprint density at radius 2 is 1.95 bits per heavy atom. The van der Waals surface area contributed by atoms with Gasteiger partial charge < -0.3 is 15.0 Å². The molecule has 3 N–H and O–H groups in total. The van der Waals surface area contributed by atoms with Gasteiger partial charge in [-0.15, -0.1) is 0 Å². The summed E-state index contributed by atoms with van der Waals surface area (Å²) in [5, 5.41) is 2.67. The third-order valence-corrected chi connectivity index (χ3v) is 2.97. The number of aromatic amines is 2. The SMILES string of the molecule is COc1ccccc1NC(=O)Cc1c(C)[nH]c(=O)[nH]c1=O. The summed E-state index contributed by atoms with van der Waals surface area (Å²) in [6.45, 7) is 1.57. The van der Waals surface area contributed by atoms with E-state index in [1.54, 1.807) is 31.2 Å². The third-order valence-electron chi connectivity index (χ3n) is 2.97. The molecule has 2 rings (SSSR count). The summed E-state index contributed by atoms with van der Waals surface area (Å²) in [5.74, 6) is 0.151. The molecule has 0 atom stereocenters. The van der Waals surface area contributed by atoms with Crippen molar-refractivity contribution >= 4 is 11.6 Å². The highest BCUT2D eigenvalue weighted by molar-refractivity contribution is 5.93. The summed E-state index contributed by atoms with van der Waals surface area (Å²) < 4.78 is 5.13. The number of carbonyl (C=O) groups is 1.